The summed E-state index contributed by atoms with van der Waals surface area (Å²) in [7, 11) is 0. The summed E-state index contributed by atoms with van der Waals surface area (Å²) in [5.74, 6) is -0.328. The third kappa shape index (κ3) is 3.55. The molecular formula is C15H16FN3O. The molecule has 0 aliphatic carbocycles. The topological polar surface area (TPSA) is 67.2 Å². The Morgan fingerprint density at radius 2 is 1.85 bits per heavy atom. The van der Waals surface area contributed by atoms with Gasteiger partial charge in [-0.1, -0.05) is 12.1 Å². The van der Waals surface area contributed by atoms with Crippen LogP contribution in [0.15, 0.2) is 42.5 Å². The van der Waals surface area contributed by atoms with Crippen LogP contribution in [0.5, 0.6) is 0 Å². The van der Waals surface area contributed by atoms with Crippen molar-refractivity contribution in [2.75, 3.05) is 10.6 Å². The van der Waals surface area contributed by atoms with Crippen molar-refractivity contribution < 1.29 is 9.18 Å². The lowest BCUT2D eigenvalue weighted by Gasteiger charge is -2.10. The van der Waals surface area contributed by atoms with Crippen LogP contribution in [0.3, 0.4) is 0 Å². The van der Waals surface area contributed by atoms with Gasteiger partial charge in [-0.2, -0.15) is 0 Å². The molecule has 0 aliphatic rings. The maximum Gasteiger partial charge on any atom is 0.323 e. The number of benzene rings is 2. The molecule has 4 N–H and O–H groups in total. The van der Waals surface area contributed by atoms with Crippen LogP contribution in [0, 0.1) is 12.7 Å². The van der Waals surface area contributed by atoms with Crippen molar-refractivity contribution in [3.63, 3.8) is 0 Å². The summed E-state index contributed by atoms with van der Waals surface area (Å²) in [6, 6.07) is 11.1. The lowest BCUT2D eigenvalue weighted by molar-refractivity contribution is 0.262. The molecule has 0 heterocycles. The molecule has 0 unspecified atom stereocenters. The number of amides is 2. The minimum atomic E-state index is -0.375. The highest BCUT2D eigenvalue weighted by Crippen LogP contribution is 2.16. The molecule has 0 bridgehead atoms. The smallest absolute Gasteiger partial charge is 0.323 e. The number of rotatable bonds is 3. The van der Waals surface area contributed by atoms with Crippen molar-refractivity contribution in [2.45, 2.75) is 13.5 Å². The van der Waals surface area contributed by atoms with Gasteiger partial charge in [0.15, 0.2) is 0 Å². The van der Waals surface area contributed by atoms with Crippen LogP contribution in [0.2, 0.25) is 0 Å². The van der Waals surface area contributed by atoms with E-state index in [1.54, 1.807) is 19.1 Å². The zero-order valence-electron chi connectivity index (χ0n) is 11.1. The first kappa shape index (κ1) is 14.0. The molecule has 0 fully saturated rings. The predicted molar refractivity (Wildman–Crippen MR) is 78.1 cm³/mol. The molecule has 104 valence electrons. The average Bonchev–Trinajstić information content (AvgIpc) is 2.43. The molecule has 0 radical (unpaired) electrons. The number of nitrogens with two attached hydrogens (primary N) is 1. The highest BCUT2D eigenvalue weighted by atomic mass is 19.1. The highest BCUT2D eigenvalue weighted by molar-refractivity contribution is 6.00. The molecule has 0 aromatic heterocycles. The number of aryl methyl sites for hydroxylation is 1. The average molecular weight is 273 g/mol. The van der Waals surface area contributed by atoms with E-state index in [4.69, 9.17) is 5.73 Å². The zero-order valence-corrected chi connectivity index (χ0v) is 11.1. The van der Waals surface area contributed by atoms with Crippen molar-refractivity contribution in [2.24, 2.45) is 5.73 Å². The molecule has 2 rings (SSSR count). The van der Waals surface area contributed by atoms with Crippen LogP contribution in [0.1, 0.15) is 11.1 Å². The Kier molecular flexibility index (Phi) is 4.32. The maximum atomic E-state index is 13.0. The van der Waals surface area contributed by atoms with Gasteiger partial charge in [-0.25, -0.2) is 9.18 Å². The van der Waals surface area contributed by atoms with Crippen LogP contribution in [-0.2, 0) is 6.54 Å². The van der Waals surface area contributed by atoms with Gasteiger partial charge in [0.1, 0.15) is 5.82 Å². The Bertz CT molecular complexity index is 611. The maximum absolute atomic E-state index is 13.0. The van der Waals surface area contributed by atoms with E-state index >= 15 is 0 Å². The third-order valence-electron chi connectivity index (χ3n) is 2.88. The van der Waals surface area contributed by atoms with Crippen molar-refractivity contribution in [1.29, 1.82) is 0 Å². The lowest BCUT2D eigenvalue weighted by Crippen LogP contribution is -2.20. The molecule has 20 heavy (non-hydrogen) atoms. The van der Waals surface area contributed by atoms with E-state index in [1.165, 1.54) is 18.2 Å². The number of halogens is 1. The van der Waals surface area contributed by atoms with E-state index in [0.29, 0.717) is 23.5 Å². The fourth-order valence-electron chi connectivity index (χ4n) is 1.78. The molecule has 0 atom stereocenters. The first-order chi connectivity index (χ1) is 9.58. The summed E-state index contributed by atoms with van der Waals surface area (Å²) in [5.41, 5.74) is 8.40. The molecule has 2 amide bonds. The normalized spacial score (nSPS) is 10.2. The molecule has 5 heteroatoms. The molecule has 2 aromatic rings. The van der Waals surface area contributed by atoms with Crippen molar-refractivity contribution in [3.8, 4) is 0 Å². The third-order valence-corrected chi connectivity index (χ3v) is 2.88. The van der Waals surface area contributed by atoms with Crippen molar-refractivity contribution >= 4 is 17.4 Å². The summed E-state index contributed by atoms with van der Waals surface area (Å²) in [6.07, 6.45) is 0. The van der Waals surface area contributed by atoms with E-state index in [9.17, 15) is 9.18 Å². The van der Waals surface area contributed by atoms with E-state index in [-0.39, 0.29) is 11.8 Å². The van der Waals surface area contributed by atoms with Crippen molar-refractivity contribution in [3.05, 3.63) is 59.4 Å². The summed E-state index contributed by atoms with van der Waals surface area (Å²) in [6.45, 7) is 2.19. The molecular weight excluding hydrogens is 257 g/mol. The second-order valence-corrected chi connectivity index (χ2v) is 4.44. The summed E-state index contributed by atoms with van der Waals surface area (Å²) in [5, 5.41) is 5.37. The quantitative estimate of drug-likeness (QED) is 0.803. The Hall–Kier alpha value is -2.40. The number of nitrogens with one attached hydrogen (secondary N) is 2. The van der Waals surface area contributed by atoms with Crippen LogP contribution in [-0.4, -0.2) is 6.03 Å². The van der Waals surface area contributed by atoms with Crippen LogP contribution in [0.4, 0.5) is 20.6 Å². The Morgan fingerprint density at radius 3 is 2.45 bits per heavy atom. The van der Waals surface area contributed by atoms with Gasteiger partial charge in [0, 0.05) is 17.9 Å². The largest absolute Gasteiger partial charge is 0.326 e. The van der Waals surface area contributed by atoms with Gasteiger partial charge in [-0.3, -0.25) is 0 Å². The second-order valence-electron chi connectivity index (χ2n) is 4.44. The van der Waals surface area contributed by atoms with E-state index in [1.807, 2.05) is 12.1 Å². The van der Waals surface area contributed by atoms with E-state index in [0.717, 1.165) is 5.56 Å². The SMILES string of the molecule is Cc1cc(F)ccc1NC(=O)Nc1ccc(CN)cc1. The predicted octanol–water partition coefficient (Wildman–Crippen LogP) is 3.24. The standard InChI is InChI=1S/C15H16FN3O/c1-10-8-12(16)4-7-14(10)19-15(20)18-13-5-2-11(9-17)3-6-13/h2-8H,9,17H2,1H3,(H2,18,19,20). The lowest BCUT2D eigenvalue weighted by atomic mass is 10.2. The number of urea groups is 1. The van der Waals surface area contributed by atoms with Gasteiger partial charge in [-0.05, 0) is 48.4 Å². The van der Waals surface area contributed by atoms with Gasteiger partial charge in [0.05, 0.1) is 0 Å². The number of hydrogen-bond donors (Lipinski definition) is 3. The minimum absolute atomic E-state index is 0.328. The van der Waals surface area contributed by atoms with Gasteiger partial charge >= 0.3 is 6.03 Å². The van der Waals surface area contributed by atoms with Gasteiger partial charge in [0.2, 0.25) is 0 Å². The molecule has 2 aromatic carbocycles. The molecule has 0 saturated heterocycles. The summed E-state index contributed by atoms with van der Waals surface area (Å²) < 4.78 is 13.0. The zero-order chi connectivity index (χ0) is 14.5. The minimum Gasteiger partial charge on any atom is -0.326 e. The highest BCUT2D eigenvalue weighted by Gasteiger charge is 2.05. The molecule has 0 spiro atoms. The first-order valence-electron chi connectivity index (χ1n) is 6.21. The summed E-state index contributed by atoms with van der Waals surface area (Å²) >= 11 is 0. The molecule has 4 nitrogen and oxygen atoms in total. The van der Waals surface area contributed by atoms with Gasteiger partial charge < -0.3 is 16.4 Å². The number of carbonyl (C=O) groups is 1. The van der Waals surface area contributed by atoms with Gasteiger partial charge in [0.25, 0.3) is 0 Å². The molecule has 0 aliphatic heterocycles. The Balaban J connectivity index is 2.01. The first-order valence-corrected chi connectivity index (χ1v) is 6.21. The van der Waals surface area contributed by atoms with E-state index in [2.05, 4.69) is 10.6 Å². The monoisotopic (exact) mass is 273 g/mol. The number of anilines is 2. The van der Waals surface area contributed by atoms with Crippen LogP contribution >= 0.6 is 0 Å². The van der Waals surface area contributed by atoms with Crippen LogP contribution in [0.25, 0.3) is 0 Å². The fourth-order valence-corrected chi connectivity index (χ4v) is 1.78. The molecule has 0 saturated carbocycles. The second kappa shape index (κ2) is 6.16. The Labute approximate surface area is 116 Å². The Morgan fingerprint density at radius 1 is 1.15 bits per heavy atom. The number of hydrogen-bond acceptors (Lipinski definition) is 2. The van der Waals surface area contributed by atoms with Crippen molar-refractivity contribution in [1.82, 2.24) is 0 Å². The fraction of sp³-hybridized carbons (Fsp3) is 0.133. The van der Waals surface area contributed by atoms with E-state index < -0.39 is 0 Å². The van der Waals surface area contributed by atoms with Crippen LogP contribution < -0.4 is 16.4 Å². The number of carbonyl (C=O) groups excluding carboxylic acids is 1. The summed E-state index contributed by atoms with van der Waals surface area (Å²) in [4.78, 5) is 11.8. The van der Waals surface area contributed by atoms with Gasteiger partial charge in [-0.15, -0.1) is 0 Å².